The van der Waals surface area contributed by atoms with Crippen LogP contribution < -0.4 is 5.32 Å². The molecule has 2 N–H and O–H groups in total. The molecule has 0 spiro atoms. The van der Waals surface area contributed by atoms with Gasteiger partial charge in [-0.25, -0.2) is 0 Å². The molecule has 140 valence electrons. The van der Waals surface area contributed by atoms with E-state index < -0.39 is 0 Å². The van der Waals surface area contributed by atoms with Gasteiger partial charge in [0.2, 0.25) is 5.91 Å². The Hall–Kier alpha value is -1.99. The van der Waals surface area contributed by atoms with E-state index in [-0.39, 0.29) is 24.6 Å². The first-order chi connectivity index (χ1) is 12.6. The van der Waals surface area contributed by atoms with Gasteiger partial charge in [0.15, 0.2) is 10.6 Å². The number of H-pyrrole nitrogens is 1. The highest BCUT2D eigenvalue weighted by Crippen LogP contribution is 2.21. The van der Waals surface area contributed by atoms with Crippen LogP contribution in [0, 0.1) is 11.7 Å². The van der Waals surface area contributed by atoms with E-state index in [9.17, 15) is 4.79 Å². The number of benzene rings is 1. The van der Waals surface area contributed by atoms with Gasteiger partial charge in [0.05, 0.1) is 12.1 Å². The fourth-order valence-corrected chi connectivity index (χ4v) is 3.70. The number of aryl methyl sites for hydroxylation is 1. The third-order valence-corrected chi connectivity index (χ3v) is 5.28. The van der Waals surface area contributed by atoms with Gasteiger partial charge in [-0.15, -0.1) is 0 Å². The molecule has 0 radical (unpaired) electrons. The summed E-state index contributed by atoms with van der Waals surface area (Å²) in [6.45, 7) is 2.18. The number of rotatable bonds is 5. The molecule has 1 aliphatic rings. The second-order valence-corrected chi connectivity index (χ2v) is 7.28. The van der Waals surface area contributed by atoms with Crippen molar-refractivity contribution >= 4 is 18.1 Å². The van der Waals surface area contributed by atoms with Crippen LogP contribution in [0.5, 0.6) is 0 Å². The molecule has 1 aliphatic carbocycles. The summed E-state index contributed by atoms with van der Waals surface area (Å²) in [6.07, 6.45) is 5.47. The number of methoxy groups -OCH3 is 1. The van der Waals surface area contributed by atoms with Crippen molar-refractivity contribution in [3.63, 3.8) is 0 Å². The Kier molecular flexibility index (Phi) is 6.21. The predicted molar refractivity (Wildman–Crippen MR) is 103 cm³/mol. The smallest absolute Gasteiger partial charge is 0.240 e. The Morgan fingerprint density at radius 2 is 2.04 bits per heavy atom. The summed E-state index contributed by atoms with van der Waals surface area (Å²) in [5.74, 6) is 0.610. The summed E-state index contributed by atoms with van der Waals surface area (Å²) >= 11 is 5.33. The lowest BCUT2D eigenvalue weighted by Gasteiger charge is -2.25. The molecule has 0 unspecified atom stereocenters. The Bertz CT molecular complexity index is 797. The van der Waals surface area contributed by atoms with Gasteiger partial charge in [-0.2, -0.15) is 5.10 Å². The summed E-state index contributed by atoms with van der Waals surface area (Å²) in [7, 11) is 1.72. The summed E-state index contributed by atoms with van der Waals surface area (Å²) < 4.78 is 7.78. The van der Waals surface area contributed by atoms with Gasteiger partial charge in [-0.05, 0) is 32.0 Å². The maximum atomic E-state index is 12.7. The highest BCUT2D eigenvalue weighted by atomic mass is 32.1. The molecule has 7 heteroatoms. The third kappa shape index (κ3) is 4.40. The van der Waals surface area contributed by atoms with Crippen molar-refractivity contribution in [2.75, 3.05) is 7.11 Å². The standard InChI is InChI=1S/C19H26N4O2S/c1-13-8-10-14(11-9-13)18-21-22-19(26)23(18)12-17(24)20-15-6-4-3-5-7-16(15)25-2/h8-11,15-16H,3-7,12H2,1-2H3,(H,20,24)(H,22,26)/t15-,16+/m1/s1. The Morgan fingerprint density at radius 1 is 1.31 bits per heavy atom. The lowest BCUT2D eigenvalue weighted by molar-refractivity contribution is -0.123. The quantitative estimate of drug-likeness (QED) is 0.622. The number of nitrogens with zero attached hydrogens (tertiary/aromatic N) is 2. The van der Waals surface area contributed by atoms with Crippen LogP contribution in [0.4, 0.5) is 0 Å². The zero-order chi connectivity index (χ0) is 18.5. The average molecular weight is 375 g/mol. The second-order valence-electron chi connectivity index (χ2n) is 6.89. The lowest BCUT2D eigenvalue weighted by atomic mass is 10.1. The fourth-order valence-electron chi connectivity index (χ4n) is 3.50. The SMILES string of the molecule is CO[C@H]1CCCCC[C@H]1NC(=O)Cn1c(-c2ccc(C)cc2)n[nH]c1=S. The largest absolute Gasteiger partial charge is 0.379 e. The van der Waals surface area contributed by atoms with E-state index in [1.54, 1.807) is 11.7 Å². The normalized spacial score (nSPS) is 20.5. The molecule has 1 fully saturated rings. The van der Waals surface area contributed by atoms with Gasteiger partial charge in [0.1, 0.15) is 6.54 Å². The predicted octanol–water partition coefficient (Wildman–Crippen LogP) is 3.38. The minimum atomic E-state index is -0.0650. The fraction of sp³-hybridized carbons (Fsp3) is 0.526. The minimum Gasteiger partial charge on any atom is -0.379 e. The van der Waals surface area contributed by atoms with Gasteiger partial charge < -0.3 is 10.1 Å². The molecule has 3 rings (SSSR count). The lowest BCUT2D eigenvalue weighted by Crippen LogP contribution is -2.44. The second kappa shape index (κ2) is 8.60. The molecule has 0 aliphatic heterocycles. The number of hydrogen-bond acceptors (Lipinski definition) is 4. The van der Waals surface area contributed by atoms with E-state index in [1.165, 1.54) is 12.0 Å². The maximum Gasteiger partial charge on any atom is 0.240 e. The molecule has 1 saturated carbocycles. The van der Waals surface area contributed by atoms with Crippen LogP contribution in [-0.4, -0.2) is 39.9 Å². The van der Waals surface area contributed by atoms with Crippen LogP contribution in [0.1, 0.15) is 37.7 Å². The molecule has 26 heavy (non-hydrogen) atoms. The number of aromatic amines is 1. The van der Waals surface area contributed by atoms with E-state index in [1.807, 2.05) is 31.2 Å². The molecule has 1 heterocycles. The zero-order valence-electron chi connectivity index (χ0n) is 15.3. The first-order valence-electron chi connectivity index (χ1n) is 9.13. The van der Waals surface area contributed by atoms with E-state index in [2.05, 4.69) is 15.5 Å². The number of hydrogen-bond donors (Lipinski definition) is 2. The van der Waals surface area contributed by atoms with Crippen molar-refractivity contribution in [3.05, 3.63) is 34.6 Å². The Labute approximate surface area is 159 Å². The molecular weight excluding hydrogens is 348 g/mol. The first-order valence-corrected chi connectivity index (χ1v) is 9.53. The van der Waals surface area contributed by atoms with Crippen molar-refractivity contribution < 1.29 is 9.53 Å². The third-order valence-electron chi connectivity index (χ3n) is 4.97. The van der Waals surface area contributed by atoms with Crippen LogP contribution in [0.15, 0.2) is 24.3 Å². The van der Waals surface area contributed by atoms with Crippen molar-refractivity contribution in [1.29, 1.82) is 0 Å². The molecule has 1 amide bonds. The number of carbonyl (C=O) groups excluding carboxylic acids is 1. The molecule has 1 aromatic heterocycles. The minimum absolute atomic E-state index is 0.0545. The number of nitrogens with one attached hydrogen (secondary N) is 2. The van der Waals surface area contributed by atoms with Crippen molar-refractivity contribution in [1.82, 2.24) is 20.1 Å². The van der Waals surface area contributed by atoms with Crippen LogP contribution >= 0.6 is 12.2 Å². The van der Waals surface area contributed by atoms with Gasteiger partial charge in [-0.3, -0.25) is 14.5 Å². The molecule has 0 saturated heterocycles. The van der Waals surface area contributed by atoms with Crippen LogP contribution in [0.3, 0.4) is 0 Å². The van der Waals surface area contributed by atoms with Crippen LogP contribution in [-0.2, 0) is 16.1 Å². The Morgan fingerprint density at radius 3 is 2.77 bits per heavy atom. The van der Waals surface area contributed by atoms with Crippen LogP contribution in [0.25, 0.3) is 11.4 Å². The van der Waals surface area contributed by atoms with Crippen molar-refractivity contribution in [3.8, 4) is 11.4 Å². The highest BCUT2D eigenvalue weighted by Gasteiger charge is 2.25. The monoisotopic (exact) mass is 374 g/mol. The van der Waals surface area contributed by atoms with E-state index in [0.717, 1.165) is 31.2 Å². The molecule has 1 aromatic carbocycles. The molecule has 6 nitrogen and oxygen atoms in total. The molecule has 2 aromatic rings. The van der Waals surface area contributed by atoms with Gasteiger partial charge in [0.25, 0.3) is 0 Å². The number of aromatic nitrogens is 3. The summed E-state index contributed by atoms with van der Waals surface area (Å²) in [4.78, 5) is 12.7. The van der Waals surface area contributed by atoms with Gasteiger partial charge in [-0.1, -0.05) is 49.1 Å². The summed E-state index contributed by atoms with van der Waals surface area (Å²) in [5.41, 5.74) is 2.10. The maximum absolute atomic E-state index is 12.7. The van der Waals surface area contributed by atoms with Crippen molar-refractivity contribution in [2.24, 2.45) is 0 Å². The summed E-state index contributed by atoms with van der Waals surface area (Å²) in [6, 6.07) is 8.07. The van der Waals surface area contributed by atoms with E-state index in [4.69, 9.17) is 17.0 Å². The molecular formula is C19H26N4O2S. The van der Waals surface area contributed by atoms with E-state index in [0.29, 0.717) is 10.6 Å². The number of amides is 1. The van der Waals surface area contributed by atoms with Gasteiger partial charge in [0, 0.05) is 12.7 Å². The topological polar surface area (TPSA) is 71.9 Å². The van der Waals surface area contributed by atoms with Crippen LogP contribution in [0.2, 0.25) is 0 Å². The summed E-state index contributed by atoms with van der Waals surface area (Å²) in [5, 5.41) is 10.2. The molecule has 0 bridgehead atoms. The van der Waals surface area contributed by atoms with Gasteiger partial charge >= 0.3 is 0 Å². The number of ether oxygens (including phenoxy) is 1. The average Bonchev–Trinajstić information content (AvgIpc) is 2.84. The van der Waals surface area contributed by atoms with Crippen molar-refractivity contribution in [2.45, 2.75) is 57.7 Å². The Balaban J connectivity index is 1.74. The first kappa shape index (κ1) is 18.8. The van der Waals surface area contributed by atoms with E-state index >= 15 is 0 Å². The highest BCUT2D eigenvalue weighted by molar-refractivity contribution is 7.71. The molecule has 2 atom stereocenters. The number of carbonyl (C=O) groups is 1. The zero-order valence-corrected chi connectivity index (χ0v) is 16.1.